The molecule has 4 nitrogen and oxygen atoms in total. The number of nitrogens with zero attached hydrogens (tertiary/aromatic N) is 1. The Balaban J connectivity index is 1.66. The Labute approximate surface area is 161 Å². The Bertz CT molecular complexity index is 764. The van der Waals surface area contributed by atoms with E-state index in [1.807, 2.05) is 54.6 Å². The summed E-state index contributed by atoms with van der Waals surface area (Å²) in [6.45, 7) is 5.33. The van der Waals surface area contributed by atoms with Crippen LogP contribution in [-0.4, -0.2) is 36.9 Å². The molecule has 142 valence electrons. The first-order valence-electron chi connectivity index (χ1n) is 9.62. The van der Waals surface area contributed by atoms with Crippen molar-refractivity contribution in [3.63, 3.8) is 0 Å². The summed E-state index contributed by atoms with van der Waals surface area (Å²) >= 11 is 0. The van der Waals surface area contributed by atoms with E-state index in [9.17, 15) is 4.79 Å². The van der Waals surface area contributed by atoms with Crippen LogP contribution in [0.1, 0.15) is 31.7 Å². The van der Waals surface area contributed by atoms with Gasteiger partial charge in [-0.2, -0.15) is 0 Å². The van der Waals surface area contributed by atoms with E-state index in [1.54, 1.807) is 6.08 Å². The smallest absolute Gasteiger partial charge is 0.194 e. The summed E-state index contributed by atoms with van der Waals surface area (Å²) < 4.78 is 11.9. The number of hydrogen-bond donors (Lipinski definition) is 0. The first kappa shape index (κ1) is 19.2. The van der Waals surface area contributed by atoms with Crippen molar-refractivity contribution in [3.05, 3.63) is 65.9 Å². The highest BCUT2D eigenvalue weighted by atomic mass is 16.5. The third-order valence-corrected chi connectivity index (χ3v) is 4.63. The molecule has 1 fully saturated rings. The lowest BCUT2D eigenvalue weighted by molar-refractivity contribution is -0.115. The van der Waals surface area contributed by atoms with Crippen LogP contribution >= 0.6 is 0 Å². The van der Waals surface area contributed by atoms with Crippen LogP contribution in [0.25, 0.3) is 6.08 Å². The van der Waals surface area contributed by atoms with Gasteiger partial charge in [0.15, 0.2) is 23.0 Å². The first-order chi connectivity index (χ1) is 13.2. The number of allylic oxidation sites excluding steroid dienone is 1. The van der Waals surface area contributed by atoms with E-state index in [2.05, 4.69) is 4.90 Å². The lowest BCUT2D eigenvalue weighted by Crippen LogP contribution is -2.33. The maximum atomic E-state index is 12.0. The van der Waals surface area contributed by atoms with Crippen LogP contribution in [0.3, 0.4) is 0 Å². The molecule has 0 aromatic heterocycles. The van der Waals surface area contributed by atoms with Gasteiger partial charge in [0.05, 0.1) is 0 Å². The fraction of sp³-hybridized carbons (Fsp3) is 0.348. The van der Waals surface area contributed by atoms with Gasteiger partial charge in [0.25, 0.3) is 0 Å². The Morgan fingerprint density at radius 1 is 0.963 bits per heavy atom. The molecular formula is C23H27NO3. The molecule has 4 heteroatoms. The number of ketones is 1. The van der Waals surface area contributed by atoms with Crippen molar-refractivity contribution >= 4 is 11.9 Å². The standard InChI is InChI=1S/C23H27NO3/c1-19(25)23(18-20-10-4-2-5-11-20)27-22-13-7-6-12-21(22)26-17-16-24-14-8-3-9-15-24/h2,4-7,10-13,18H,3,8-9,14-17H2,1H3/b23-18-. The minimum Gasteiger partial charge on any atom is -0.488 e. The number of rotatable bonds is 8. The minimum atomic E-state index is -0.123. The molecule has 1 saturated heterocycles. The molecule has 1 heterocycles. The van der Waals surface area contributed by atoms with Crippen LogP contribution in [0.2, 0.25) is 0 Å². The molecule has 1 aliphatic rings. The summed E-state index contributed by atoms with van der Waals surface area (Å²) in [6, 6.07) is 17.2. The lowest BCUT2D eigenvalue weighted by Gasteiger charge is -2.26. The Morgan fingerprint density at radius 3 is 2.33 bits per heavy atom. The van der Waals surface area contributed by atoms with Crippen molar-refractivity contribution in [2.24, 2.45) is 0 Å². The molecule has 0 unspecified atom stereocenters. The van der Waals surface area contributed by atoms with Gasteiger partial charge in [-0.25, -0.2) is 0 Å². The molecule has 1 aliphatic heterocycles. The highest BCUT2D eigenvalue weighted by Crippen LogP contribution is 2.29. The van der Waals surface area contributed by atoms with Gasteiger partial charge < -0.3 is 9.47 Å². The molecule has 0 N–H and O–H groups in total. The van der Waals surface area contributed by atoms with E-state index in [0.29, 0.717) is 23.9 Å². The van der Waals surface area contributed by atoms with Gasteiger partial charge in [0, 0.05) is 13.5 Å². The average Bonchev–Trinajstić information content (AvgIpc) is 2.70. The second-order valence-corrected chi connectivity index (χ2v) is 6.78. The molecule has 3 rings (SSSR count). The molecule has 0 spiro atoms. The number of hydrogen-bond acceptors (Lipinski definition) is 4. The summed E-state index contributed by atoms with van der Waals surface area (Å²) in [7, 11) is 0. The van der Waals surface area contributed by atoms with Crippen molar-refractivity contribution in [2.75, 3.05) is 26.2 Å². The minimum absolute atomic E-state index is 0.123. The normalized spacial score (nSPS) is 15.4. The summed E-state index contributed by atoms with van der Waals surface area (Å²) in [5.41, 5.74) is 0.922. The maximum Gasteiger partial charge on any atom is 0.194 e. The second kappa shape index (κ2) is 9.93. The van der Waals surface area contributed by atoms with Crippen LogP contribution in [0, 0.1) is 0 Å². The molecule has 0 aliphatic carbocycles. The predicted molar refractivity (Wildman–Crippen MR) is 108 cm³/mol. The van der Waals surface area contributed by atoms with E-state index in [1.165, 1.54) is 26.2 Å². The van der Waals surface area contributed by atoms with Crippen LogP contribution in [-0.2, 0) is 4.79 Å². The number of ether oxygens (including phenoxy) is 2. The van der Waals surface area contributed by atoms with Gasteiger partial charge >= 0.3 is 0 Å². The summed E-state index contributed by atoms with van der Waals surface area (Å²) in [5.74, 6) is 1.40. The zero-order valence-corrected chi connectivity index (χ0v) is 15.9. The monoisotopic (exact) mass is 365 g/mol. The quantitative estimate of drug-likeness (QED) is 0.508. The predicted octanol–water partition coefficient (Wildman–Crippen LogP) is 4.56. The largest absolute Gasteiger partial charge is 0.488 e. The van der Waals surface area contributed by atoms with Crippen molar-refractivity contribution < 1.29 is 14.3 Å². The first-order valence-corrected chi connectivity index (χ1v) is 9.62. The van der Waals surface area contributed by atoms with Gasteiger partial charge in [-0.15, -0.1) is 0 Å². The SMILES string of the molecule is CC(=O)/C(=C/c1ccccc1)Oc1ccccc1OCCN1CCCCC1. The van der Waals surface area contributed by atoms with Crippen LogP contribution < -0.4 is 9.47 Å². The van der Waals surface area contributed by atoms with E-state index in [0.717, 1.165) is 25.2 Å². The number of piperidine rings is 1. The number of carbonyl (C=O) groups is 1. The van der Waals surface area contributed by atoms with E-state index >= 15 is 0 Å². The molecule has 0 radical (unpaired) electrons. The summed E-state index contributed by atoms with van der Waals surface area (Å²) in [6.07, 6.45) is 5.63. The van der Waals surface area contributed by atoms with E-state index in [-0.39, 0.29) is 5.78 Å². The zero-order chi connectivity index (χ0) is 18.9. The molecule has 0 bridgehead atoms. The Kier molecular flexibility index (Phi) is 7.05. The number of benzene rings is 2. The molecule has 0 amide bonds. The van der Waals surface area contributed by atoms with E-state index < -0.39 is 0 Å². The molecule has 27 heavy (non-hydrogen) atoms. The van der Waals surface area contributed by atoms with Gasteiger partial charge in [0.1, 0.15) is 6.61 Å². The third-order valence-electron chi connectivity index (χ3n) is 4.63. The number of likely N-dealkylation sites (tertiary alicyclic amines) is 1. The molecule has 0 atom stereocenters. The van der Waals surface area contributed by atoms with Gasteiger partial charge in [-0.3, -0.25) is 9.69 Å². The van der Waals surface area contributed by atoms with Crippen molar-refractivity contribution in [2.45, 2.75) is 26.2 Å². The van der Waals surface area contributed by atoms with Crippen molar-refractivity contribution in [1.29, 1.82) is 0 Å². The van der Waals surface area contributed by atoms with Crippen LogP contribution in [0.15, 0.2) is 60.4 Å². The van der Waals surface area contributed by atoms with Crippen LogP contribution in [0.4, 0.5) is 0 Å². The molecule has 2 aromatic rings. The zero-order valence-electron chi connectivity index (χ0n) is 15.9. The van der Waals surface area contributed by atoms with E-state index in [4.69, 9.17) is 9.47 Å². The Morgan fingerprint density at radius 2 is 1.63 bits per heavy atom. The molecular weight excluding hydrogens is 338 g/mol. The summed E-state index contributed by atoms with van der Waals surface area (Å²) in [5, 5.41) is 0. The van der Waals surface area contributed by atoms with Crippen molar-refractivity contribution in [3.8, 4) is 11.5 Å². The lowest BCUT2D eigenvalue weighted by atomic mass is 10.1. The van der Waals surface area contributed by atoms with Gasteiger partial charge in [0.2, 0.25) is 0 Å². The maximum absolute atomic E-state index is 12.0. The summed E-state index contributed by atoms with van der Waals surface area (Å²) in [4.78, 5) is 14.5. The number of para-hydroxylation sites is 2. The fourth-order valence-corrected chi connectivity index (χ4v) is 3.14. The fourth-order valence-electron chi connectivity index (χ4n) is 3.14. The highest BCUT2D eigenvalue weighted by Gasteiger charge is 2.13. The van der Waals surface area contributed by atoms with Gasteiger partial charge in [-0.05, 0) is 49.7 Å². The van der Waals surface area contributed by atoms with Crippen molar-refractivity contribution in [1.82, 2.24) is 4.90 Å². The number of carbonyl (C=O) groups excluding carboxylic acids is 1. The molecule has 0 saturated carbocycles. The number of Topliss-reactive ketones (excluding diaryl/α,β-unsaturated/α-hetero) is 1. The molecule has 2 aromatic carbocycles. The Hall–Kier alpha value is -2.59. The highest BCUT2D eigenvalue weighted by molar-refractivity contribution is 5.96. The van der Waals surface area contributed by atoms with Crippen LogP contribution in [0.5, 0.6) is 11.5 Å². The average molecular weight is 365 g/mol. The van der Waals surface area contributed by atoms with Gasteiger partial charge in [-0.1, -0.05) is 48.9 Å². The second-order valence-electron chi connectivity index (χ2n) is 6.78. The topological polar surface area (TPSA) is 38.8 Å². The third kappa shape index (κ3) is 5.97.